The third-order valence-electron chi connectivity index (χ3n) is 1.65. The number of carbonyl (C=O) groups excluding carboxylic acids is 1. The van der Waals surface area contributed by atoms with Crippen molar-refractivity contribution < 1.29 is 19.8 Å². The van der Waals surface area contributed by atoms with Crippen molar-refractivity contribution >= 4 is 11.9 Å². The zero-order valence-corrected chi connectivity index (χ0v) is 9.84. The van der Waals surface area contributed by atoms with Crippen LogP contribution in [-0.4, -0.2) is 33.5 Å². The first-order chi connectivity index (χ1) is 8.03. The molecule has 96 valence electrons. The minimum Gasteiger partial charge on any atom is -0.516 e. The standard InChI is InChI=1S/C6H9NO.C4H6O2.C2H4O/c1-2-7-5-3-4-6(7)8;1-2-3-4(5)6;1-2-3/h2H,1,3-5H2;2H,1,3H2,(H,5,6);2-3H,1H2. The van der Waals surface area contributed by atoms with E-state index in [0.717, 1.165) is 19.2 Å². The van der Waals surface area contributed by atoms with Crippen LogP contribution in [0.1, 0.15) is 19.3 Å². The van der Waals surface area contributed by atoms with Gasteiger partial charge >= 0.3 is 5.97 Å². The second-order valence-corrected chi connectivity index (χ2v) is 2.94. The Morgan fingerprint density at radius 2 is 1.94 bits per heavy atom. The minimum absolute atomic E-state index is 0.0556. The molecular formula is C12H19NO4. The van der Waals surface area contributed by atoms with Crippen LogP contribution >= 0.6 is 0 Å². The van der Waals surface area contributed by atoms with Gasteiger partial charge in [-0.1, -0.05) is 19.2 Å². The molecule has 1 heterocycles. The van der Waals surface area contributed by atoms with E-state index >= 15 is 0 Å². The average molecular weight is 241 g/mol. The predicted molar refractivity (Wildman–Crippen MR) is 66.4 cm³/mol. The Balaban J connectivity index is 0. The number of aliphatic hydroxyl groups excluding tert-OH is 1. The monoisotopic (exact) mass is 241 g/mol. The van der Waals surface area contributed by atoms with Crippen molar-refractivity contribution in [2.45, 2.75) is 19.3 Å². The Kier molecular flexibility index (Phi) is 12.3. The highest BCUT2D eigenvalue weighted by Crippen LogP contribution is 2.08. The zero-order valence-electron chi connectivity index (χ0n) is 9.84. The molecule has 0 spiro atoms. The van der Waals surface area contributed by atoms with Crippen LogP contribution in [0.3, 0.4) is 0 Å². The van der Waals surface area contributed by atoms with Gasteiger partial charge in [-0.25, -0.2) is 0 Å². The average Bonchev–Trinajstić information content (AvgIpc) is 2.65. The molecule has 5 nitrogen and oxygen atoms in total. The highest BCUT2D eigenvalue weighted by atomic mass is 16.4. The maximum atomic E-state index is 10.7. The molecule has 0 aromatic rings. The summed E-state index contributed by atoms with van der Waals surface area (Å²) in [6.07, 6.45) is 5.44. The van der Waals surface area contributed by atoms with Gasteiger partial charge in [0.1, 0.15) is 0 Å². The van der Waals surface area contributed by atoms with Crippen LogP contribution in [0.25, 0.3) is 0 Å². The van der Waals surface area contributed by atoms with E-state index in [4.69, 9.17) is 10.2 Å². The molecule has 0 bridgehead atoms. The first-order valence-electron chi connectivity index (χ1n) is 5.03. The van der Waals surface area contributed by atoms with Crippen molar-refractivity contribution in [1.82, 2.24) is 4.90 Å². The maximum absolute atomic E-state index is 10.7. The largest absolute Gasteiger partial charge is 0.516 e. The fourth-order valence-electron chi connectivity index (χ4n) is 0.986. The topological polar surface area (TPSA) is 77.8 Å². The fourth-order valence-corrected chi connectivity index (χ4v) is 0.986. The third kappa shape index (κ3) is 11.9. The SMILES string of the molecule is C=CCC(=O)O.C=CN1CCCC1=O.C=CO. The molecule has 0 atom stereocenters. The molecule has 0 saturated carbocycles. The van der Waals surface area contributed by atoms with E-state index < -0.39 is 5.97 Å². The number of carboxylic acids is 1. The lowest BCUT2D eigenvalue weighted by molar-refractivity contribution is -0.136. The van der Waals surface area contributed by atoms with Gasteiger partial charge in [-0.2, -0.15) is 0 Å². The summed E-state index contributed by atoms with van der Waals surface area (Å²) in [5, 5.41) is 15.2. The number of likely N-dealkylation sites (tertiary alicyclic amines) is 1. The van der Waals surface area contributed by atoms with E-state index in [-0.39, 0.29) is 12.3 Å². The number of aliphatic carboxylic acids is 1. The molecule has 0 unspecified atom stereocenters. The van der Waals surface area contributed by atoms with Gasteiger partial charge < -0.3 is 15.1 Å². The van der Waals surface area contributed by atoms with Crippen LogP contribution < -0.4 is 0 Å². The Labute approximate surface area is 101 Å². The molecule has 1 rings (SSSR count). The van der Waals surface area contributed by atoms with E-state index in [0.29, 0.717) is 6.42 Å². The third-order valence-corrected chi connectivity index (χ3v) is 1.65. The number of rotatable bonds is 3. The lowest BCUT2D eigenvalue weighted by Crippen LogP contribution is -2.16. The molecular weight excluding hydrogens is 222 g/mol. The molecule has 1 fully saturated rings. The summed E-state index contributed by atoms with van der Waals surface area (Å²) in [6, 6.07) is 0. The summed E-state index contributed by atoms with van der Waals surface area (Å²) < 4.78 is 0. The second-order valence-electron chi connectivity index (χ2n) is 2.94. The van der Waals surface area contributed by atoms with Crippen LogP contribution in [0.2, 0.25) is 0 Å². The second kappa shape index (κ2) is 12.0. The number of hydrogen-bond donors (Lipinski definition) is 2. The summed E-state index contributed by atoms with van der Waals surface area (Å²) in [4.78, 5) is 21.8. The Morgan fingerprint density at radius 1 is 1.41 bits per heavy atom. The quantitative estimate of drug-likeness (QED) is 0.585. The Morgan fingerprint density at radius 3 is 2.06 bits per heavy atom. The fraction of sp³-hybridized carbons (Fsp3) is 0.333. The summed E-state index contributed by atoms with van der Waals surface area (Å²) >= 11 is 0. The minimum atomic E-state index is -0.829. The van der Waals surface area contributed by atoms with E-state index in [9.17, 15) is 9.59 Å². The first kappa shape index (κ1) is 17.4. The van der Waals surface area contributed by atoms with E-state index in [1.165, 1.54) is 6.08 Å². The number of carboxylic acid groups (broad SMARTS) is 1. The van der Waals surface area contributed by atoms with Gasteiger partial charge in [-0.3, -0.25) is 9.59 Å². The molecule has 1 aliphatic rings. The lowest BCUT2D eigenvalue weighted by atomic mass is 10.4. The van der Waals surface area contributed by atoms with Crippen molar-refractivity contribution in [2.75, 3.05) is 6.54 Å². The van der Waals surface area contributed by atoms with Gasteiger partial charge in [0, 0.05) is 13.0 Å². The van der Waals surface area contributed by atoms with Crippen molar-refractivity contribution in [3.05, 3.63) is 38.3 Å². The smallest absolute Gasteiger partial charge is 0.307 e. The molecule has 1 saturated heterocycles. The predicted octanol–water partition coefficient (Wildman–Crippen LogP) is 2.09. The van der Waals surface area contributed by atoms with Gasteiger partial charge in [-0.05, 0) is 12.6 Å². The molecule has 0 aromatic carbocycles. The van der Waals surface area contributed by atoms with Crippen LogP contribution in [-0.2, 0) is 9.59 Å². The van der Waals surface area contributed by atoms with Gasteiger partial charge in [-0.15, -0.1) is 6.58 Å². The molecule has 0 aromatic heterocycles. The maximum Gasteiger partial charge on any atom is 0.307 e. The van der Waals surface area contributed by atoms with Gasteiger partial charge in [0.15, 0.2) is 0 Å². The number of nitrogens with zero attached hydrogens (tertiary/aromatic N) is 1. The number of carbonyl (C=O) groups is 2. The number of aliphatic hydroxyl groups is 1. The molecule has 1 aliphatic heterocycles. The zero-order chi connectivity index (χ0) is 13.7. The van der Waals surface area contributed by atoms with Crippen molar-refractivity contribution in [2.24, 2.45) is 0 Å². The highest BCUT2D eigenvalue weighted by Gasteiger charge is 2.15. The number of amides is 1. The van der Waals surface area contributed by atoms with Crippen LogP contribution in [0.4, 0.5) is 0 Å². The molecule has 2 N–H and O–H groups in total. The van der Waals surface area contributed by atoms with Crippen molar-refractivity contribution in [1.29, 1.82) is 0 Å². The number of hydrogen-bond acceptors (Lipinski definition) is 3. The van der Waals surface area contributed by atoms with E-state index in [1.807, 2.05) is 0 Å². The Hall–Kier alpha value is -2.04. The van der Waals surface area contributed by atoms with Crippen LogP contribution in [0.5, 0.6) is 0 Å². The summed E-state index contributed by atoms with van der Waals surface area (Å²) in [6.45, 7) is 10.5. The molecule has 0 aliphatic carbocycles. The van der Waals surface area contributed by atoms with Crippen LogP contribution in [0, 0.1) is 0 Å². The molecule has 17 heavy (non-hydrogen) atoms. The van der Waals surface area contributed by atoms with E-state index in [2.05, 4.69) is 19.7 Å². The lowest BCUT2D eigenvalue weighted by Gasteiger charge is -2.05. The van der Waals surface area contributed by atoms with Crippen molar-refractivity contribution in [3.8, 4) is 0 Å². The van der Waals surface area contributed by atoms with Gasteiger partial charge in [0.2, 0.25) is 5.91 Å². The van der Waals surface area contributed by atoms with Crippen molar-refractivity contribution in [3.63, 3.8) is 0 Å². The normalized spacial score (nSPS) is 12.5. The van der Waals surface area contributed by atoms with Gasteiger partial charge in [0.25, 0.3) is 0 Å². The van der Waals surface area contributed by atoms with Gasteiger partial charge in [0.05, 0.1) is 12.7 Å². The Bertz CT molecular complexity index is 274. The van der Waals surface area contributed by atoms with E-state index in [1.54, 1.807) is 11.1 Å². The highest BCUT2D eigenvalue weighted by molar-refractivity contribution is 5.78. The summed E-state index contributed by atoms with van der Waals surface area (Å²) in [5.41, 5.74) is 0. The van der Waals surface area contributed by atoms with Crippen LogP contribution in [0.15, 0.2) is 38.3 Å². The summed E-state index contributed by atoms with van der Waals surface area (Å²) in [5.74, 6) is -0.620. The first-order valence-corrected chi connectivity index (χ1v) is 5.03. The molecule has 1 amide bonds. The molecule has 5 heteroatoms. The summed E-state index contributed by atoms with van der Waals surface area (Å²) in [7, 11) is 0. The molecule has 0 radical (unpaired) electrons.